The van der Waals surface area contributed by atoms with Gasteiger partial charge in [-0.1, -0.05) is 29.8 Å². The van der Waals surface area contributed by atoms with E-state index in [1.54, 1.807) is 41.3 Å². The average Bonchev–Trinajstić information content (AvgIpc) is 3.20. The van der Waals surface area contributed by atoms with Crippen LogP contribution in [-0.2, 0) is 6.54 Å². The number of hydrogen-bond donors (Lipinski definition) is 1. The predicted molar refractivity (Wildman–Crippen MR) is 127 cm³/mol. The van der Waals surface area contributed by atoms with Crippen LogP contribution in [0.25, 0.3) is 5.82 Å². The van der Waals surface area contributed by atoms with E-state index in [4.69, 9.17) is 16.6 Å². The van der Waals surface area contributed by atoms with Crippen LogP contribution in [0.3, 0.4) is 0 Å². The zero-order chi connectivity index (χ0) is 23.1. The van der Waals surface area contributed by atoms with Crippen LogP contribution in [0, 0.1) is 19.7 Å². The van der Waals surface area contributed by atoms with Crippen LogP contribution >= 0.6 is 11.6 Å². The summed E-state index contributed by atoms with van der Waals surface area (Å²) in [6, 6.07) is 18.5. The molecule has 0 saturated heterocycles. The highest BCUT2D eigenvalue weighted by Crippen LogP contribution is 2.37. The molecular formula is C26H22ClFN4O. The molecule has 7 heteroatoms. The van der Waals surface area contributed by atoms with E-state index in [1.807, 2.05) is 42.8 Å². The Morgan fingerprint density at radius 1 is 1.09 bits per heavy atom. The molecule has 1 N–H and O–H groups in total. The minimum absolute atomic E-state index is 0.285. The number of carbonyl (C=O) groups is 1. The first-order valence-corrected chi connectivity index (χ1v) is 11.0. The van der Waals surface area contributed by atoms with Crippen molar-refractivity contribution in [1.29, 1.82) is 0 Å². The number of rotatable bonds is 2. The van der Waals surface area contributed by atoms with E-state index in [9.17, 15) is 9.18 Å². The largest absolute Gasteiger partial charge is 0.322 e. The maximum atomic E-state index is 13.7. The zero-order valence-electron chi connectivity index (χ0n) is 18.2. The van der Waals surface area contributed by atoms with Gasteiger partial charge in [-0.15, -0.1) is 0 Å². The third-order valence-electron chi connectivity index (χ3n) is 5.90. The van der Waals surface area contributed by atoms with Crippen molar-refractivity contribution >= 4 is 23.3 Å². The highest BCUT2D eigenvalue weighted by atomic mass is 35.5. The molecule has 0 bridgehead atoms. The fourth-order valence-electron chi connectivity index (χ4n) is 4.42. The molecule has 4 aromatic rings. The quantitative estimate of drug-likeness (QED) is 0.375. The van der Waals surface area contributed by atoms with Crippen LogP contribution in [0.5, 0.6) is 0 Å². The molecule has 33 heavy (non-hydrogen) atoms. The van der Waals surface area contributed by atoms with Crippen LogP contribution in [0.2, 0.25) is 5.02 Å². The Labute approximate surface area is 196 Å². The van der Waals surface area contributed by atoms with Crippen LogP contribution in [-0.4, -0.2) is 20.5 Å². The normalized spacial score (nSPS) is 14.9. The minimum Gasteiger partial charge on any atom is -0.308 e. The highest BCUT2D eigenvalue weighted by molar-refractivity contribution is 6.30. The fourth-order valence-corrected chi connectivity index (χ4v) is 4.61. The van der Waals surface area contributed by atoms with Crippen LogP contribution in [0.4, 0.5) is 14.9 Å². The maximum absolute atomic E-state index is 13.7. The molecule has 1 aliphatic rings. The standard InChI is InChI=1S/C26H22ClFN4O/c1-16-13-17(2)29-25-22(16)15-32(26(33)30-21-6-3-5-19(27)14-21)24(23-7-4-12-31(23)25)18-8-10-20(28)11-9-18/h3-14,24H,15H2,1-2H3,(H,30,33)/t24-/m0/s1. The van der Waals surface area contributed by atoms with Crippen molar-refractivity contribution in [2.75, 3.05) is 5.32 Å². The maximum Gasteiger partial charge on any atom is 0.322 e. The lowest BCUT2D eigenvalue weighted by Gasteiger charge is -2.31. The van der Waals surface area contributed by atoms with Gasteiger partial charge in [-0.25, -0.2) is 14.2 Å². The van der Waals surface area contributed by atoms with E-state index in [2.05, 4.69) is 5.32 Å². The number of benzene rings is 2. The van der Waals surface area contributed by atoms with Gasteiger partial charge in [0.2, 0.25) is 0 Å². The number of nitrogens with one attached hydrogen (secondary N) is 1. The van der Waals surface area contributed by atoms with Gasteiger partial charge in [-0.2, -0.15) is 0 Å². The Kier molecular flexibility index (Phi) is 5.38. The fraction of sp³-hybridized carbons (Fsp3) is 0.154. The van der Waals surface area contributed by atoms with Crippen LogP contribution in [0.1, 0.15) is 34.1 Å². The predicted octanol–water partition coefficient (Wildman–Crippen LogP) is 6.42. The Hall–Kier alpha value is -3.64. The number of amides is 2. The van der Waals surface area contributed by atoms with Crippen molar-refractivity contribution in [2.45, 2.75) is 26.4 Å². The van der Waals surface area contributed by atoms with Gasteiger partial charge >= 0.3 is 6.03 Å². The minimum atomic E-state index is -0.450. The van der Waals surface area contributed by atoms with E-state index in [-0.39, 0.29) is 11.8 Å². The Morgan fingerprint density at radius 2 is 1.88 bits per heavy atom. The number of halogens is 2. The van der Waals surface area contributed by atoms with Gasteiger partial charge in [0.1, 0.15) is 11.6 Å². The number of aromatic nitrogens is 2. The third kappa shape index (κ3) is 3.98. The van der Waals surface area contributed by atoms with Crippen molar-refractivity contribution in [3.8, 4) is 5.82 Å². The first-order chi connectivity index (χ1) is 15.9. The summed E-state index contributed by atoms with van der Waals surface area (Å²) in [5, 5.41) is 3.51. The van der Waals surface area contributed by atoms with Gasteiger partial charge in [0.15, 0.2) is 0 Å². The molecule has 2 amide bonds. The zero-order valence-corrected chi connectivity index (χ0v) is 19.0. The van der Waals surface area contributed by atoms with E-state index >= 15 is 0 Å². The van der Waals surface area contributed by atoms with Gasteiger partial charge in [-0.05, 0) is 73.5 Å². The van der Waals surface area contributed by atoms with E-state index < -0.39 is 6.04 Å². The molecule has 0 aliphatic carbocycles. The number of nitrogens with zero attached hydrogens (tertiary/aromatic N) is 3. The molecule has 0 unspecified atom stereocenters. The molecule has 166 valence electrons. The molecule has 0 saturated carbocycles. The van der Waals surface area contributed by atoms with Crippen LogP contribution in [0.15, 0.2) is 72.9 Å². The lowest BCUT2D eigenvalue weighted by Crippen LogP contribution is -2.38. The monoisotopic (exact) mass is 460 g/mol. The number of hydrogen-bond acceptors (Lipinski definition) is 2. The average molecular weight is 461 g/mol. The lowest BCUT2D eigenvalue weighted by molar-refractivity contribution is 0.194. The molecule has 1 aliphatic heterocycles. The van der Waals surface area contributed by atoms with Gasteiger partial charge in [0, 0.05) is 28.2 Å². The Bertz CT molecular complexity index is 1350. The molecule has 0 spiro atoms. The van der Waals surface area contributed by atoms with E-state index in [0.717, 1.165) is 33.9 Å². The second-order valence-electron chi connectivity index (χ2n) is 8.21. The number of pyridine rings is 1. The second kappa shape index (κ2) is 8.37. The summed E-state index contributed by atoms with van der Waals surface area (Å²) in [6.07, 6.45) is 1.95. The molecule has 2 aromatic heterocycles. The molecule has 2 aromatic carbocycles. The highest BCUT2D eigenvalue weighted by Gasteiger charge is 2.34. The summed E-state index contributed by atoms with van der Waals surface area (Å²) >= 11 is 6.12. The number of urea groups is 1. The first kappa shape index (κ1) is 21.2. The van der Waals surface area contributed by atoms with Crippen molar-refractivity contribution < 1.29 is 9.18 Å². The summed E-state index contributed by atoms with van der Waals surface area (Å²) in [7, 11) is 0. The molecule has 5 nitrogen and oxygen atoms in total. The van der Waals surface area contributed by atoms with Gasteiger partial charge in [0.25, 0.3) is 0 Å². The summed E-state index contributed by atoms with van der Waals surface area (Å²) in [5.74, 6) is 0.478. The first-order valence-electron chi connectivity index (χ1n) is 10.6. The Morgan fingerprint density at radius 3 is 2.64 bits per heavy atom. The molecule has 0 fully saturated rings. The molecular weight excluding hydrogens is 439 g/mol. The molecule has 0 radical (unpaired) electrons. The topological polar surface area (TPSA) is 50.2 Å². The molecule has 3 heterocycles. The van der Waals surface area contributed by atoms with Crippen LogP contribution < -0.4 is 5.32 Å². The van der Waals surface area contributed by atoms with Gasteiger partial charge < -0.3 is 14.8 Å². The molecule has 1 atom stereocenters. The van der Waals surface area contributed by atoms with E-state index in [1.165, 1.54) is 12.1 Å². The summed E-state index contributed by atoms with van der Waals surface area (Å²) < 4.78 is 15.8. The van der Waals surface area contributed by atoms with E-state index in [0.29, 0.717) is 17.3 Å². The summed E-state index contributed by atoms with van der Waals surface area (Å²) in [6.45, 7) is 4.33. The second-order valence-corrected chi connectivity index (χ2v) is 8.64. The van der Waals surface area contributed by atoms with Gasteiger partial charge in [-0.3, -0.25) is 0 Å². The van der Waals surface area contributed by atoms with Crippen molar-refractivity contribution in [1.82, 2.24) is 14.5 Å². The van der Waals surface area contributed by atoms with Crippen molar-refractivity contribution in [3.63, 3.8) is 0 Å². The number of aryl methyl sites for hydroxylation is 2. The smallest absolute Gasteiger partial charge is 0.308 e. The summed E-state index contributed by atoms with van der Waals surface area (Å²) in [4.78, 5) is 20.2. The number of carbonyl (C=O) groups excluding carboxylic acids is 1. The molecule has 5 rings (SSSR count). The summed E-state index contributed by atoms with van der Waals surface area (Å²) in [5.41, 5.74) is 5.20. The third-order valence-corrected chi connectivity index (χ3v) is 6.14. The van der Waals surface area contributed by atoms with Gasteiger partial charge in [0.05, 0.1) is 18.3 Å². The SMILES string of the molecule is Cc1cc(C)c2c(n1)-n1cccc1[C@H](c1ccc(F)cc1)N(C(=O)Nc1cccc(Cl)c1)C2. The van der Waals surface area contributed by atoms with Crippen molar-refractivity contribution in [3.05, 3.63) is 112 Å². The lowest BCUT2D eigenvalue weighted by atomic mass is 10.0. The van der Waals surface area contributed by atoms with Crippen molar-refractivity contribution in [2.24, 2.45) is 0 Å². The number of anilines is 1. The number of fused-ring (bicyclic) bond motifs is 3. The Balaban J connectivity index is 1.67.